The van der Waals surface area contributed by atoms with Gasteiger partial charge in [0.1, 0.15) is 5.82 Å². The van der Waals surface area contributed by atoms with Crippen molar-refractivity contribution in [2.45, 2.75) is 12.5 Å². The van der Waals surface area contributed by atoms with Crippen molar-refractivity contribution in [2.24, 2.45) is 7.05 Å². The molecular weight excluding hydrogens is 426 g/mol. The third-order valence-electron chi connectivity index (χ3n) is 5.47. The average molecular weight is 450 g/mol. The smallest absolute Gasteiger partial charge is 0.251 e. The molecule has 0 bridgehead atoms. The van der Waals surface area contributed by atoms with Crippen LogP contribution in [0.3, 0.4) is 0 Å². The first-order chi connectivity index (χ1) is 15.5. The molecule has 0 saturated carbocycles. The number of hydrogen-bond acceptors (Lipinski definition) is 4. The summed E-state index contributed by atoms with van der Waals surface area (Å²) in [5, 5.41) is 3.45. The Kier molecular flexibility index (Phi) is 6.32. The Morgan fingerprint density at radius 3 is 2.47 bits per heavy atom. The topological polar surface area (TPSA) is 65.4 Å². The number of rotatable bonds is 7. The second-order valence-electron chi connectivity index (χ2n) is 7.41. The highest BCUT2D eigenvalue weighted by atomic mass is 35.5. The van der Waals surface area contributed by atoms with Gasteiger partial charge in [-0.1, -0.05) is 54.1 Å². The quantitative estimate of drug-likeness (QED) is 0.433. The predicted octanol–water partition coefficient (Wildman–Crippen LogP) is 4.96. The van der Waals surface area contributed by atoms with Crippen LogP contribution < -0.4 is 14.8 Å². The zero-order valence-electron chi connectivity index (χ0n) is 18.1. The van der Waals surface area contributed by atoms with E-state index in [1.165, 1.54) is 14.2 Å². The summed E-state index contributed by atoms with van der Waals surface area (Å²) in [6.45, 7) is 0. The molecule has 0 saturated heterocycles. The monoisotopic (exact) mass is 449 g/mol. The van der Waals surface area contributed by atoms with Gasteiger partial charge in [0.2, 0.25) is 0 Å². The van der Waals surface area contributed by atoms with Crippen LogP contribution in [-0.2, 0) is 13.5 Å². The predicted molar refractivity (Wildman–Crippen MR) is 126 cm³/mol. The SMILES string of the molecule is COc1cc(C(=O)N[C@H](Cc2nc3ccccc3n2C)c2ccccc2)cc(Cl)c1OC. The summed E-state index contributed by atoms with van der Waals surface area (Å²) in [5.74, 6) is 1.41. The zero-order chi connectivity index (χ0) is 22.7. The molecule has 3 aromatic carbocycles. The van der Waals surface area contributed by atoms with Gasteiger partial charge >= 0.3 is 0 Å². The maximum Gasteiger partial charge on any atom is 0.251 e. The molecule has 0 aliphatic rings. The van der Waals surface area contributed by atoms with Crippen LogP contribution in [0.5, 0.6) is 11.5 Å². The Bertz CT molecular complexity index is 1250. The van der Waals surface area contributed by atoms with Crippen LogP contribution in [-0.4, -0.2) is 29.7 Å². The molecule has 0 aliphatic carbocycles. The third kappa shape index (κ3) is 4.27. The van der Waals surface area contributed by atoms with Crippen molar-refractivity contribution in [1.29, 1.82) is 0 Å². The minimum Gasteiger partial charge on any atom is -0.493 e. The van der Waals surface area contributed by atoms with Crippen LogP contribution in [0.25, 0.3) is 11.0 Å². The molecule has 7 heteroatoms. The van der Waals surface area contributed by atoms with Crippen molar-refractivity contribution in [2.75, 3.05) is 14.2 Å². The van der Waals surface area contributed by atoms with E-state index in [-0.39, 0.29) is 11.9 Å². The molecule has 1 amide bonds. The molecule has 0 aliphatic heterocycles. The molecular formula is C25H24ClN3O3. The number of aryl methyl sites for hydroxylation is 1. The molecule has 4 aromatic rings. The van der Waals surface area contributed by atoms with Crippen molar-refractivity contribution in [3.8, 4) is 11.5 Å². The number of halogens is 1. The highest BCUT2D eigenvalue weighted by molar-refractivity contribution is 6.32. The maximum absolute atomic E-state index is 13.2. The minimum atomic E-state index is -0.286. The van der Waals surface area contributed by atoms with Gasteiger partial charge in [-0.2, -0.15) is 0 Å². The Balaban J connectivity index is 1.67. The van der Waals surface area contributed by atoms with E-state index in [9.17, 15) is 4.79 Å². The summed E-state index contributed by atoms with van der Waals surface area (Å²) >= 11 is 6.31. The fraction of sp³-hybridized carbons (Fsp3) is 0.200. The first-order valence-corrected chi connectivity index (χ1v) is 10.6. The molecule has 0 unspecified atom stereocenters. The molecule has 4 rings (SSSR count). The number of hydrogen-bond donors (Lipinski definition) is 1. The van der Waals surface area contributed by atoms with Crippen LogP contribution >= 0.6 is 11.6 Å². The molecule has 6 nitrogen and oxygen atoms in total. The summed E-state index contributed by atoms with van der Waals surface area (Å²) in [6.07, 6.45) is 0.530. The summed E-state index contributed by atoms with van der Waals surface area (Å²) in [6, 6.07) is 20.7. The van der Waals surface area contributed by atoms with Gasteiger partial charge in [-0.3, -0.25) is 4.79 Å². The summed E-state index contributed by atoms with van der Waals surface area (Å²) in [5.41, 5.74) is 3.35. The number of nitrogens with zero attached hydrogens (tertiary/aromatic N) is 2. The summed E-state index contributed by atoms with van der Waals surface area (Å²) < 4.78 is 12.7. The number of aromatic nitrogens is 2. The van der Waals surface area contributed by atoms with Crippen molar-refractivity contribution in [3.63, 3.8) is 0 Å². The molecule has 1 heterocycles. The number of ether oxygens (including phenoxy) is 2. The van der Waals surface area contributed by atoms with E-state index in [1.807, 2.05) is 61.6 Å². The molecule has 0 spiro atoms. The highest BCUT2D eigenvalue weighted by Gasteiger charge is 2.21. The number of methoxy groups -OCH3 is 2. The van der Waals surface area contributed by atoms with Gasteiger partial charge in [0, 0.05) is 19.0 Å². The first kappa shape index (κ1) is 21.7. The summed E-state index contributed by atoms with van der Waals surface area (Å²) in [7, 11) is 5.00. The van der Waals surface area contributed by atoms with Gasteiger partial charge in [-0.15, -0.1) is 0 Å². The van der Waals surface area contributed by atoms with E-state index in [2.05, 4.69) is 9.88 Å². The fourth-order valence-electron chi connectivity index (χ4n) is 3.79. The van der Waals surface area contributed by atoms with Gasteiger partial charge in [0.05, 0.1) is 36.3 Å². The molecule has 1 aromatic heterocycles. The van der Waals surface area contributed by atoms with Crippen LogP contribution in [0, 0.1) is 0 Å². The molecule has 1 N–H and O–H groups in total. The van der Waals surface area contributed by atoms with Crippen molar-refractivity contribution < 1.29 is 14.3 Å². The number of carbonyl (C=O) groups excluding carboxylic acids is 1. The number of amides is 1. The lowest BCUT2D eigenvalue weighted by atomic mass is 10.0. The molecule has 32 heavy (non-hydrogen) atoms. The van der Waals surface area contributed by atoms with Gasteiger partial charge in [0.15, 0.2) is 11.5 Å². The lowest BCUT2D eigenvalue weighted by molar-refractivity contribution is 0.0935. The number of imidazole rings is 1. The van der Waals surface area contributed by atoms with Crippen molar-refractivity contribution >= 4 is 28.5 Å². The Labute approximate surface area is 191 Å². The number of benzene rings is 3. The zero-order valence-corrected chi connectivity index (χ0v) is 18.9. The van der Waals surface area contributed by atoms with Crippen LogP contribution in [0.1, 0.15) is 27.8 Å². The minimum absolute atomic E-state index is 0.263. The number of para-hydroxylation sites is 2. The van der Waals surface area contributed by atoms with Crippen LogP contribution in [0.4, 0.5) is 0 Å². The molecule has 0 fully saturated rings. The van der Waals surface area contributed by atoms with Gasteiger partial charge in [0.25, 0.3) is 5.91 Å². The van der Waals surface area contributed by atoms with Crippen molar-refractivity contribution in [3.05, 3.63) is 88.7 Å². The number of fused-ring (bicyclic) bond motifs is 1. The van der Waals surface area contributed by atoms with Gasteiger partial charge in [-0.25, -0.2) is 4.98 Å². The van der Waals surface area contributed by atoms with Crippen LogP contribution in [0.15, 0.2) is 66.7 Å². The fourth-order valence-corrected chi connectivity index (χ4v) is 4.08. The van der Waals surface area contributed by atoms with E-state index in [4.69, 9.17) is 26.1 Å². The molecule has 0 radical (unpaired) electrons. The maximum atomic E-state index is 13.2. The van der Waals surface area contributed by atoms with E-state index < -0.39 is 0 Å². The second-order valence-corrected chi connectivity index (χ2v) is 7.82. The lowest BCUT2D eigenvalue weighted by Crippen LogP contribution is -2.30. The van der Waals surface area contributed by atoms with E-state index in [0.717, 1.165) is 22.4 Å². The number of carbonyl (C=O) groups is 1. The largest absolute Gasteiger partial charge is 0.493 e. The first-order valence-electron chi connectivity index (χ1n) is 10.2. The lowest BCUT2D eigenvalue weighted by Gasteiger charge is -2.20. The van der Waals surface area contributed by atoms with Gasteiger partial charge in [-0.05, 0) is 29.8 Å². The second kappa shape index (κ2) is 9.32. The molecule has 164 valence electrons. The van der Waals surface area contributed by atoms with Crippen molar-refractivity contribution in [1.82, 2.24) is 14.9 Å². The van der Waals surface area contributed by atoms with E-state index in [1.54, 1.807) is 12.1 Å². The average Bonchev–Trinajstić information content (AvgIpc) is 3.13. The standard InChI is InChI=1S/C25H24ClN3O3/c1-29-21-12-8-7-11-19(21)27-23(29)15-20(16-9-5-4-6-10-16)28-25(30)17-13-18(26)24(32-3)22(14-17)31-2/h4-14,20H,15H2,1-3H3,(H,28,30)/t20-/m1/s1. The Morgan fingerprint density at radius 2 is 1.78 bits per heavy atom. The van der Waals surface area contributed by atoms with E-state index in [0.29, 0.717) is 28.5 Å². The number of nitrogens with one attached hydrogen (secondary N) is 1. The summed E-state index contributed by atoms with van der Waals surface area (Å²) in [4.78, 5) is 18.0. The van der Waals surface area contributed by atoms with Gasteiger partial charge < -0.3 is 19.4 Å². The molecule has 1 atom stereocenters. The normalized spacial score (nSPS) is 11.9. The van der Waals surface area contributed by atoms with Crippen LogP contribution in [0.2, 0.25) is 5.02 Å². The van der Waals surface area contributed by atoms with E-state index >= 15 is 0 Å². The highest BCUT2D eigenvalue weighted by Crippen LogP contribution is 2.36. The Morgan fingerprint density at radius 1 is 1.06 bits per heavy atom. The Hall–Kier alpha value is -3.51. The third-order valence-corrected chi connectivity index (χ3v) is 5.75.